The van der Waals surface area contributed by atoms with Crippen molar-refractivity contribution in [1.29, 1.82) is 0 Å². The second-order valence-electron chi connectivity index (χ2n) is 10.7. The van der Waals surface area contributed by atoms with Gasteiger partial charge < -0.3 is 9.47 Å². The van der Waals surface area contributed by atoms with E-state index >= 15 is 0 Å². The number of allylic oxidation sites excluding steroid dienone is 1. The number of hydrogen-bond donors (Lipinski definition) is 0. The minimum absolute atomic E-state index is 0.107. The Morgan fingerprint density at radius 2 is 1.81 bits per heavy atom. The Kier molecular flexibility index (Phi) is 4.28. The van der Waals surface area contributed by atoms with Gasteiger partial charge in [-0.1, -0.05) is 25.5 Å². The van der Waals surface area contributed by atoms with Gasteiger partial charge in [0, 0.05) is 13.3 Å². The van der Waals surface area contributed by atoms with Crippen LogP contribution in [0.3, 0.4) is 0 Å². The summed E-state index contributed by atoms with van der Waals surface area (Å²) in [6, 6.07) is 0. The van der Waals surface area contributed by atoms with Crippen molar-refractivity contribution in [2.45, 2.75) is 103 Å². The maximum Gasteiger partial charge on any atom is 0.302 e. The van der Waals surface area contributed by atoms with Crippen LogP contribution >= 0.6 is 0 Å². The monoisotopic (exact) mass is 372 g/mol. The third kappa shape index (κ3) is 2.91. The van der Waals surface area contributed by atoms with Crippen molar-refractivity contribution >= 4 is 5.97 Å². The summed E-state index contributed by atoms with van der Waals surface area (Å²) in [5.41, 5.74) is 2.32. The van der Waals surface area contributed by atoms with Gasteiger partial charge in [0.05, 0.1) is 12.2 Å². The van der Waals surface area contributed by atoms with Gasteiger partial charge in [-0.25, -0.2) is 0 Å². The fraction of sp³-hybridized carbons (Fsp3) is 0.875. The third-order valence-corrected chi connectivity index (χ3v) is 9.19. The lowest BCUT2D eigenvalue weighted by Crippen LogP contribution is -2.51. The Bertz CT molecular complexity index is 650. The lowest BCUT2D eigenvalue weighted by atomic mass is 9.48. The first-order valence-corrected chi connectivity index (χ1v) is 11.4. The van der Waals surface area contributed by atoms with Crippen LogP contribution in [-0.4, -0.2) is 24.3 Å². The van der Waals surface area contributed by atoms with E-state index in [0.717, 1.165) is 30.6 Å². The fourth-order valence-electron chi connectivity index (χ4n) is 7.57. The number of esters is 1. The quantitative estimate of drug-likeness (QED) is 0.489. The van der Waals surface area contributed by atoms with Crippen molar-refractivity contribution in [1.82, 2.24) is 0 Å². The molecule has 0 aromatic heterocycles. The van der Waals surface area contributed by atoms with E-state index in [9.17, 15) is 4.79 Å². The molecule has 27 heavy (non-hydrogen) atoms. The number of carbonyl (C=O) groups excluding carboxylic acids is 1. The van der Waals surface area contributed by atoms with Crippen molar-refractivity contribution in [2.75, 3.05) is 0 Å². The smallest absolute Gasteiger partial charge is 0.302 e. The van der Waals surface area contributed by atoms with Crippen molar-refractivity contribution in [3.05, 3.63) is 11.6 Å². The standard InChI is InChI=1S/C24H36O3/c1-15(25)26-18-10-12-23(2)16(14-18)4-7-19-20-8-9-22(27-17-5-6-17)24(20,3)13-11-21(19)23/h4,17-22H,5-14H2,1-3H3/t18-,19-,20-,21-,22-,23-,24-/m0/s1. The van der Waals surface area contributed by atoms with Gasteiger partial charge in [-0.3, -0.25) is 4.79 Å². The lowest BCUT2D eigenvalue weighted by Gasteiger charge is -2.58. The zero-order valence-electron chi connectivity index (χ0n) is 17.3. The van der Waals surface area contributed by atoms with E-state index in [1.165, 1.54) is 51.4 Å². The molecule has 0 bridgehead atoms. The molecule has 0 aliphatic heterocycles. The Hall–Kier alpha value is -0.830. The SMILES string of the molecule is CC(=O)O[C@H]1CC[C@@]2(C)C(=CC[C@H]3[C@@H]4CC[C@H](OC5CC5)[C@@]4(C)CC[C@@H]32)C1. The number of hydrogen-bond acceptors (Lipinski definition) is 3. The van der Waals surface area contributed by atoms with Crippen molar-refractivity contribution in [2.24, 2.45) is 28.6 Å². The average Bonchev–Trinajstić information content (AvgIpc) is 3.37. The van der Waals surface area contributed by atoms with Gasteiger partial charge in [0.1, 0.15) is 6.10 Å². The van der Waals surface area contributed by atoms with Crippen LogP contribution in [-0.2, 0) is 14.3 Å². The molecule has 0 amide bonds. The van der Waals surface area contributed by atoms with Crippen LogP contribution in [0, 0.1) is 28.6 Å². The topological polar surface area (TPSA) is 35.5 Å². The number of carbonyl (C=O) groups is 1. The third-order valence-electron chi connectivity index (χ3n) is 9.19. The van der Waals surface area contributed by atoms with Crippen LogP contribution in [0.15, 0.2) is 11.6 Å². The van der Waals surface area contributed by atoms with Crippen LogP contribution < -0.4 is 0 Å². The van der Waals surface area contributed by atoms with Crippen molar-refractivity contribution in [3.63, 3.8) is 0 Å². The first-order valence-electron chi connectivity index (χ1n) is 11.4. The van der Waals surface area contributed by atoms with Gasteiger partial charge in [0.2, 0.25) is 0 Å². The summed E-state index contributed by atoms with van der Waals surface area (Å²) in [5.74, 6) is 2.35. The van der Waals surface area contributed by atoms with E-state index in [1.807, 2.05) is 0 Å². The summed E-state index contributed by atoms with van der Waals surface area (Å²) in [6.45, 7) is 6.61. The Labute approximate surface area is 164 Å². The predicted octanol–water partition coefficient (Wildman–Crippen LogP) is 5.43. The van der Waals surface area contributed by atoms with Gasteiger partial charge in [-0.15, -0.1) is 0 Å². The molecular formula is C24H36O3. The maximum atomic E-state index is 11.4. The summed E-state index contributed by atoms with van der Waals surface area (Å²) in [6.07, 6.45) is 16.1. The molecule has 0 spiro atoms. The van der Waals surface area contributed by atoms with Crippen LogP contribution in [0.1, 0.15) is 85.0 Å². The first kappa shape index (κ1) is 18.2. The Morgan fingerprint density at radius 3 is 2.56 bits per heavy atom. The molecule has 7 atom stereocenters. The molecule has 5 rings (SSSR count). The lowest BCUT2D eigenvalue weighted by molar-refractivity contribution is -0.149. The van der Waals surface area contributed by atoms with Crippen LogP contribution in [0.2, 0.25) is 0 Å². The molecule has 0 N–H and O–H groups in total. The molecule has 0 radical (unpaired) electrons. The molecule has 0 aromatic carbocycles. The largest absolute Gasteiger partial charge is 0.462 e. The average molecular weight is 373 g/mol. The van der Waals surface area contributed by atoms with E-state index < -0.39 is 0 Å². The van der Waals surface area contributed by atoms with E-state index in [1.54, 1.807) is 12.5 Å². The van der Waals surface area contributed by atoms with E-state index in [4.69, 9.17) is 9.47 Å². The molecule has 5 aliphatic carbocycles. The van der Waals surface area contributed by atoms with Crippen LogP contribution in [0.4, 0.5) is 0 Å². The summed E-state index contributed by atoms with van der Waals surface area (Å²) < 4.78 is 12.1. The summed E-state index contributed by atoms with van der Waals surface area (Å²) in [7, 11) is 0. The second kappa shape index (κ2) is 6.34. The number of fused-ring (bicyclic) bond motifs is 5. The highest BCUT2D eigenvalue weighted by atomic mass is 16.5. The highest BCUT2D eigenvalue weighted by molar-refractivity contribution is 5.66. The van der Waals surface area contributed by atoms with Gasteiger partial charge in [-0.05, 0) is 86.4 Å². The number of ether oxygens (including phenoxy) is 2. The van der Waals surface area contributed by atoms with Crippen molar-refractivity contribution < 1.29 is 14.3 Å². The normalized spacial score (nSPS) is 48.9. The summed E-state index contributed by atoms with van der Waals surface area (Å²) in [4.78, 5) is 11.4. The van der Waals surface area contributed by atoms with Gasteiger partial charge >= 0.3 is 5.97 Å². The van der Waals surface area contributed by atoms with Crippen molar-refractivity contribution in [3.8, 4) is 0 Å². The van der Waals surface area contributed by atoms with Crippen LogP contribution in [0.25, 0.3) is 0 Å². The molecular weight excluding hydrogens is 336 g/mol. The van der Waals surface area contributed by atoms with E-state index in [2.05, 4.69) is 19.9 Å². The first-order chi connectivity index (χ1) is 12.9. The fourth-order valence-corrected chi connectivity index (χ4v) is 7.57. The van der Waals surface area contributed by atoms with Gasteiger partial charge in [0.15, 0.2) is 0 Å². The van der Waals surface area contributed by atoms with E-state index in [0.29, 0.717) is 23.0 Å². The molecule has 4 saturated carbocycles. The molecule has 5 aliphatic rings. The maximum absolute atomic E-state index is 11.4. The highest BCUT2D eigenvalue weighted by Crippen LogP contribution is 2.65. The summed E-state index contributed by atoms with van der Waals surface area (Å²) >= 11 is 0. The highest BCUT2D eigenvalue weighted by Gasteiger charge is 2.59. The molecule has 0 aromatic rings. The molecule has 0 heterocycles. The second-order valence-corrected chi connectivity index (χ2v) is 10.7. The molecule has 0 saturated heterocycles. The number of rotatable bonds is 3. The zero-order chi connectivity index (χ0) is 18.8. The van der Waals surface area contributed by atoms with E-state index in [-0.39, 0.29) is 12.1 Å². The zero-order valence-corrected chi connectivity index (χ0v) is 17.3. The van der Waals surface area contributed by atoms with Gasteiger partial charge in [-0.2, -0.15) is 0 Å². The molecule has 150 valence electrons. The van der Waals surface area contributed by atoms with Gasteiger partial charge in [0.25, 0.3) is 0 Å². The minimum atomic E-state index is -0.126. The molecule has 3 nitrogen and oxygen atoms in total. The molecule has 3 heteroatoms. The Balaban J connectivity index is 1.36. The predicted molar refractivity (Wildman–Crippen MR) is 105 cm³/mol. The van der Waals surface area contributed by atoms with Crippen LogP contribution in [0.5, 0.6) is 0 Å². The summed E-state index contributed by atoms with van der Waals surface area (Å²) in [5, 5.41) is 0. The molecule has 0 unspecified atom stereocenters. The minimum Gasteiger partial charge on any atom is -0.462 e. The Morgan fingerprint density at radius 1 is 1.00 bits per heavy atom. The molecule has 4 fully saturated rings.